The van der Waals surface area contributed by atoms with Gasteiger partial charge in [0.15, 0.2) is 0 Å². The van der Waals surface area contributed by atoms with Crippen LogP contribution in [0.2, 0.25) is 0 Å². The number of hydrogen-bond acceptors (Lipinski definition) is 0. The first-order valence-electron chi connectivity index (χ1n) is 16.0. The van der Waals surface area contributed by atoms with Crippen LogP contribution < -0.4 is 0 Å². The fraction of sp³-hybridized carbons (Fsp3) is 0.136. The van der Waals surface area contributed by atoms with E-state index in [0.29, 0.717) is 0 Å². The summed E-state index contributed by atoms with van der Waals surface area (Å²) in [5, 5.41) is 7.75. The van der Waals surface area contributed by atoms with Gasteiger partial charge in [0.1, 0.15) is 0 Å². The minimum absolute atomic E-state index is 1.18. The monoisotopic (exact) mass is 564 g/mol. The summed E-state index contributed by atoms with van der Waals surface area (Å²) >= 11 is 0. The van der Waals surface area contributed by atoms with Crippen molar-refractivity contribution in [3.05, 3.63) is 150 Å². The molecule has 8 rings (SSSR count). The highest BCUT2D eigenvalue weighted by Gasteiger charge is 2.21. The molecular weight excluding hydrogens is 528 g/mol. The second-order valence-electron chi connectivity index (χ2n) is 12.4. The van der Waals surface area contributed by atoms with E-state index in [4.69, 9.17) is 0 Å². The Labute approximate surface area is 260 Å². The van der Waals surface area contributed by atoms with Gasteiger partial charge in [-0.05, 0) is 128 Å². The van der Waals surface area contributed by atoms with Crippen LogP contribution in [0.25, 0.3) is 71.3 Å². The van der Waals surface area contributed by atoms with Crippen LogP contribution in [0, 0.1) is 6.92 Å². The van der Waals surface area contributed by atoms with E-state index in [-0.39, 0.29) is 0 Å². The third kappa shape index (κ3) is 4.37. The maximum absolute atomic E-state index is 2.48. The average Bonchev–Trinajstić information content (AvgIpc) is 3.08. The number of aryl methyl sites for hydroxylation is 1. The molecule has 0 saturated heterocycles. The minimum atomic E-state index is 1.18. The first-order chi connectivity index (χ1) is 21.7. The predicted octanol–water partition coefficient (Wildman–Crippen LogP) is 12.8. The van der Waals surface area contributed by atoms with Crippen molar-refractivity contribution in [3.63, 3.8) is 0 Å². The molecule has 0 saturated carbocycles. The van der Waals surface area contributed by atoms with E-state index in [1.807, 2.05) is 0 Å². The Morgan fingerprint density at radius 2 is 0.955 bits per heavy atom. The van der Waals surface area contributed by atoms with Gasteiger partial charge < -0.3 is 0 Å². The fourth-order valence-electron chi connectivity index (χ4n) is 7.65. The highest BCUT2D eigenvalue weighted by molar-refractivity contribution is 6.22. The quantitative estimate of drug-likeness (QED) is 0.187. The van der Waals surface area contributed by atoms with E-state index in [2.05, 4.69) is 147 Å². The zero-order valence-corrected chi connectivity index (χ0v) is 25.5. The molecule has 0 spiro atoms. The third-order valence-electron chi connectivity index (χ3n) is 9.80. The molecule has 1 aliphatic rings. The van der Waals surface area contributed by atoms with E-state index in [1.54, 1.807) is 11.1 Å². The first kappa shape index (κ1) is 26.7. The molecule has 0 N–H and O–H groups in total. The maximum Gasteiger partial charge on any atom is -0.00201 e. The smallest absolute Gasteiger partial charge is 0.00201 e. The van der Waals surface area contributed by atoms with Crippen molar-refractivity contribution in [1.29, 1.82) is 0 Å². The lowest BCUT2D eigenvalue weighted by molar-refractivity contribution is 0.714. The van der Waals surface area contributed by atoms with Gasteiger partial charge in [0.05, 0.1) is 0 Å². The molecule has 7 aromatic rings. The Balaban J connectivity index is 1.44. The van der Waals surface area contributed by atoms with Crippen LogP contribution >= 0.6 is 0 Å². The summed E-state index contributed by atoms with van der Waals surface area (Å²) in [6.45, 7) is 4.62. The van der Waals surface area contributed by atoms with Crippen molar-refractivity contribution in [1.82, 2.24) is 0 Å². The van der Waals surface area contributed by atoms with Crippen molar-refractivity contribution in [3.8, 4) is 33.4 Å². The highest BCUT2D eigenvalue weighted by atomic mass is 14.2. The lowest BCUT2D eigenvalue weighted by Gasteiger charge is -2.22. The normalized spacial score (nSPS) is 13.7. The number of benzene rings is 7. The van der Waals surface area contributed by atoms with E-state index in [9.17, 15) is 0 Å². The largest absolute Gasteiger partial charge is 0.0695 e. The van der Waals surface area contributed by atoms with Crippen molar-refractivity contribution in [2.24, 2.45) is 0 Å². The molecule has 0 bridgehead atoms. The topological polar surface area (TPSA) is 0 Å². The highest BCUT2D eigenvalue weighted by Crippen LogP contribution is 2.47. The Bertz CT molecular complexity index is 2180. The zero-order chi connectivity index (χ0) is 29.6. The van der Waals surface area contributed by atoms with Crippen LogP contribution in [-0.4, -0.2) is 0 Å². The second-order valence-corrected chi connectivity index (χ2v) is 12.4. The van der Waals surface area contributed by atoms with Gasteiger partial charge in [-0.1, -0.05) is 133 Å². The summed E-state index contributed by atoms with van der Waals surface area (Å²) in [5.41, 5.74) is 13.7. The standard InChI is InChI=1S/C44H36/c1-29-14-3-5-17-33(29)42-28-32(27-26-30(42)2)43-38-21-9-11-23-40(38)44(41-24-12-10-22-39(41)43)37-20-8-7-19-36(37)35-25-13-16-31-15-4-6-18-34(31)35/h4,6-13,15-16,18-28H,3,5,14,17H2,1-2H3. The Morgan fingerprint density at radius 1 is 0.409 bits per heavy atom. The van der Waals surface area contributed by atoms with Gasteiger partial charge in [-0.15, -0.1) is 0 Å². The average molecular weight is 565 g/mol. The molecule has 0 radical (unpaired) electrons. The summed E-state index contributed by atoms with van der Waals surface area (Å²) in [7, 11) is 0. The van der Waals surface area contributed by atoms with Gasteiger partial charge in [-0.3, -0.25) is 0 Å². The Kier molecular flexibility index (Phi) is 6.64. The van der Waals surface area contributed by atoms with Gasteiger partial charge in [-0.2, -0.15) is 0 Å². The molecule has 0 fully saturated rings. The molecule has 0 amide bonds. The summed E-state index contributed by atoms with van der Waals surface area (Å²) in [4.78, 5) is 0. The molecule has 212 valence electrons. The Morgan fingerprint density at radius 3 is 1.66 bits per heavy atom. The molecule has 0 heteroatoms. The maximum atomic E-state index is 2.48. The summed E-state index contributed by atoms with van der Waals surface area (Å²) < 4.78 is 0. The van der Waals surface area contributed by atoms with Gasteiger partial charge >= 0.3 is 0 Å². The first-order valence-corrected chi connectivity index (χ1v) is 16.0. The SMILES string of the molecule is CC1=C(c2cc(-c3c4ccccc4c(-c4ccccc4-c4cccc5ccccc45)c4ccccc34)ccc2C)CCCC1. The number of rotatable bonds is 4. The number of hydrogen-bond donors (Lipinski definition) is 0. The van der Waals surface area contributed by atoms with Gasteiger partial charge in [0.25, 0.3) is 0 Å². The van der Waals surface area contributed by atoms with Gasteiger partial charge in [0.2, 0.25) is 0 Å². The molecule has 44 heavy (non-hydrogen) atoms. The number of allylic oxidation sites excluding steroid dienone is 2. The van der Waals surface area contributed by atoms with Crippen molar-refractivity contribution in [2.75, 3.05) is 0 Å². The van der Waals surface area contributed by atoms with Crippen molar-refractivity contribution < 1.29 is 0 Å². The van der Waals surface area contributed by atoms with Crippen molar-refractivity contribution >= 4 is 37.9 Å². The summed E-state index contributed by atoms with van der Waals surface area (Å²) in [6.07, 6.45) is 5.00. The van der Waals surface area contributed by atoms with E-state index in [1.165, 1.54) is 103 Å². The van der Waals surface area contributed by atoms with E-state index >= 15 is 0 Å². The third-order valence-corrected chi connectivity index (χ3v) is 9.80. The minimum Gasteiger partial charge on any atom is -0.0695 e. The lowest BCUT2D eigenvalue weighted by atomic mass is 9.81. The van der Waals surface area contributed by atoms with Crippen LogP contribution in [-0.2, 0) is 0 Å². The zero-order valence-electron chi connectivity index (χ0n) is 25.5. The molecule has 0 nitrogen and oxygen atoms in total. The molecule has 0 heterocycles. The molecular formula is C44H36. The molecule has 0 aromatic heterocycles. The molecule has 0 aliphatic heterocycles. The van der Waals surface area contributed by atoms with E-state index in [0.717, 1.165) is 0 Å². The van der Waals surface area contributed by atoms with Crippen LogP contribution in [0.3, 0.4) is 0 Å². The predicted molar refractivity (Wildman–Crippen MR) is 191 cm³/mol. The van der Waals surface area contributed by atoms with Crippen molar-refractivity contribution in [2.45, 2.75) is 39.5 Å². The summed E-state index contributed by atoms with van der Waals surface area (Å²) in [6, 6.07) is 49.6. The molecule has 0 atom stereocenters. The van der Waals surface area contributed by atoms with Crippen LogP contribution in [0.5, 0.6) is 0 Å². The molecule has 0 unspecified atom stereocenters. The summed E-state index contributed by atoms with van der Waals surface area (Å²) in [5.74, 6) is 0. The second kappa shape index (κ2) is 11.0. The van der Waals surface area contributed by atoms with E-state index < -0.39 is 0 Å². The molecule has 1 aliphatic carbocycles. The Hall–Kier alpha value is -4.94. The molecule has 7 aromatic carbocycles. The fourth-order valence-corrected chi connectivity index (χ4v) is 7.65. The van der Waals surface area contributed by atoms with Gasteiger partial charge in [-0.25, -0.2) is 0 Å². The van der Waals surface area contributed by atoms with Gasteiger partial charge in [0, 0.05) is 0 Å². The van der Waals surface area contributed by atoms with Crippen LogP contribution in [0.15, 0.2) is 139 Å². The lowest BCUT2D eigenvalue weighted by Crippen LogP contribution is -2.00. The number of fused-ring (bicyclic) bond motifs is 3. The van der Waals surface area contributed by atoms with Crippen LogP contribution in [0.1, 0.15) is 43.7 Å². The van der Waals surface area contributed by atoms with Crippen LogP contribution in [0.4, 0.5) is 0 Å².